The number of H-pyrrole nitrogens is 1. The van der Waals surface area contributed by atoms with Gasteiger partial charge < -0.3 is 31.1 Å². The molecular weight excluding hydrogens is 518 g/mol. The van der Waals surface area contributed by atoms with E-state index in [0.29, 0.717) is 32.7 Å². The number of fused-ring (bicyclic) bond motifs is 1. The molecule has 0 saturated carbocycles. The van der Waals surface area contributed by atoms with Gasteiger partial charge in [-0.2, -0.15) is 0 Å². The molecular formula is C23H24ClN9O3S. The predicted octanol–water partition coefficient (Wildman–Crippen LogP) is 1.25. The fraction of sp³-hybridized carbons (Fsp3) is 0.304. The normalized spacial score (nSPS) is 18.3. The molecule has 5 heterocycles. The number of aromatic amines is 1. The molecule has 1 saturated heterocycles. The third-order valence-electron chi connectivity index (χ3n) is 6.28. The molecule has 1 fully saturated rings. The van der Waals surface area contributed by atoms with E-state index in [1.54, 1.807) is 40.0 Å². The molecule has 5 rings (SSSR count). The number of halogens is 1. The van der Waals surface area contributed by atoms with Crippen molar-refractivity contribution in [3.05, 3.63) is 69.0 Å². The summed E-state index contributed by atoms with van der Waals surface area (Å²) in [5.41, 5.74) is 13.5. The number of pyridine rings is 1. The summed E-state index contributed by atoms with van der Waals surface area (Å²) in [4.78, 5) is 56.7. The Morgan fingerprint density at radius 2 is 2.11 bits per heavy atom. The predicted molar refractivity (Wildman–Crippen MR) is 136 cm³/mol. The molecule has 3 atom stereocenters. The van der Waals surface area contributed by atoms with Crippen LogP contribution < -0.4 is 16.8 Å². The second-order valence-corrected chi connectivity index (χ2v) is 10.3. The van der Waals surface area contributed by atoms with Crippen molar-refractivity contribution in [1.82, 2.24) is 34.6 Å². The van der Waals surface area contributed by atoms with Crippen LogP contribution in [-0.2, 0) is 11.2 Å². The number of rotatable bonds is 7. The van der Waals surface area contributed by atoms with Gasteiger partial charge in [0, 0.05) is 50.3 Å². The monoisotopic (exact) mass is 541 g/mol. The number of carbonyl (C=O) groups is 3. The van der Waals surface area contributed by atoms with Gasteiger partial charge in [-0.3, -0.25) is 14.4 Å². The molecule has 6 N–H and O–H groups in total. The van der Waals surface area contributed by atoms with Crippen molar-refractivity contribution < 1.29 is 14.4 Å². The van der Waals surface area contributed by atoms with E-state index < -0.39 is 17.9 Å². The van der Waals surface area contributed by atoms with Gasteiger partial charge in [-0.1, -0.05) is 11.6 Å². The second-order valence-electron chi connectivity index (χ2n) is 8.79. The van der Waals surface area contributed by atoms with E-state index in [1.165, 1.54) is 24.7 Å². The molecule has 3 amide bonds. The molecule has 0 bridgehead atoms. The van der Waals surface area contributed by atoms with Crippen molar-refractivity contribution in [2.75, 3.05) is 13.6 Å². The van der Waals surface area contributed by atoms with Crippen LogP contribution in [0.1, 0.15) is 54.9 Å². The van der Waals surface area contributed by atoms with Gasteiger partial charge in [0.15, 0.2) is 0 Å². The number of likely N-dealkylation sites (N-methyl/N-ethyl adjacent to an activating group) is 1. The SMILES string of the molecule is CNC(=O)[C@H](Cc1cnc[nH]1)c1sc([C@@H]2C[C@@H](N)CN2C(=O)c2cn3cc(Cl)ccc3n2)nc1C(N)=O. The number of primary amides is 1. The lowest BCUT2D eigenvalue weighted by atomic mass is 9.99. The zero-order valence-electron chi connectivity index (χ0n) is 19.7. The lowest BCUT2D eigenvalue weighted by Crippen LogP contribution is -2.33. The molecule has 0 spiro atoms. The summed E-state index contributed by atoms with van der Waals surface area (Å²) in [7, 11) is 1.52. The minimum Gasteiger partial charge on any atom is -0.364 e. The summed E-state index contributed by atoms with van der Waals surface area (Å²) in [5.74, 6) is -2.11. The number of nitrogens with two attached hydrogens (primary N) is 2. The van der Waals surface area contributed by atoms with Crippen LogP contribution in [0.15, 0.2) is 37.1 Å². The lowest BCUT2D eigenvalue weighted by Gasteiger charge is -2.22. The number of hydrogen-bond acceptors (Lipinski definition) is 8. The Balaban J connectivity index is 1.51. The highest BCUT2D eigenvalue weighted by atomic mass is 35.5. The Labute approximate surface area is 220 Å². The van der Waals surface area contributed by atoms with Crippen LogP contribution in [0.2, 0.25) is 5.02 Å². The first-order valence-electron chi connectivity index (χ1n) is 11.4. The highest BCUT2D eigenvalue weighted by Gasteiger charge is 2.39. The summed E-state index contributed by atoms with van der Waals surface area (Å²) >= 11 is 7.25. The molecule has 0 radical (unpaired) electrons. The Hall–Kier alpha value is -3.81. The zero-order valence-corrected chi connectivity index (χ0v) is 21.3. The van der Waals surface area contributed by atoms with Gasteiger partial charge in [-0.15, -0.1) is 11.3 Å². The van der Waals surface area contributed by atoms with E-state index in [-0.39, 0.29) is 42.2 Å². The standard InChI is InChI=1S/C23H24ClN9O3S/c1-27-21(35)14(5-13-6-28-10-29-13)19-18(20(26)34)31-22(37-19)16-4-12(25)8-33(16)23(36)15-9-32-7-11(24)2-3-17(32)30-15/h2-3,6-7,9-10,12,14,16H,4-5,8,25H2,1H3,(H2,26,34)(H,27,35)(H,28,29)/t12-,14-,16+/m1/s1. The van der Waals surface area contributed by atoms with Crippen molar-refractivity contribution in [3.63, 3.8) is 0 Å². The van der Waals surface area contributed by atoms with E-state index in [9.17, 15) is 14.4 Å². The van der Waals surface area contributed by atoms with Gasteiger partial charge in [0.2, 0.25) is 5.91 Å². The Bertz CT molecular complexity index is 1480. The van der Waals surface area contributed by atoms with Crippen LogP contribution in [-0.4, -0.2) is 66.6 Å². The van der Waals surface area contributed by atoms with Crippen molar-refractivity contribution in [1.29, 1.82) is 0 Å². The summed E-state index contributed by atoms with van der Waals surface area (Å²) in [5, 5.41) is 3.64. The molecule has 37 heavy (non-hydrogen) atoms. The Morgan fingerprint density at radius 3 is 2.81 bits per heavy atom. The maximum absolute atomic E-state index is 13.5. The van der Waals surface area contributed by atoms with Crippen LogP contribution >= 0.6 is 22.9 Å². The van der Waals surface area contributed by atoms with E-state index in [0.717, 1.165) is 0 Å². The number of aromatic nitrogens is 5. The number of likely N-dealkylation sites (tertiary alicyclic amines) is 1. The van der Waals surface area contributed by atoms with Gasteiger partial charge >= 0.3 is 0 Å². The number of carbonyl (C=O) groups excluding carboxylic acids is 3. The van der Waals surface area contributed by atoms with E-state index in [4.69, 9.17) is 23.1 Å². The number of hydrogen-bond donors (Lipinski definition) is 4. The summed E-state index contributed by atoms with van der Waals surface area (Å²) in [6.07, 6.45) is 7.09. The summed E-state index contributed by atoms with van der Waals surface area (Å²) in [6.45, 7) is 0.284. The van der Waals surface area contributed by atoms with Crippen molar-refractivity contribution >= 4 is 46.3 Å². The van der Waals surface area contributed by atoms with Crippen LogP contribution in [0.4, 0.5) is 0 Å². The quantitative estimate of drug-likeness (QED) is 0.272. The van der Waals surface area contributed by atoms with Gasteiger partial charge in [0.05, 0.1) is 28.2 Å². The average Bonchev–Trinajstić information content (AvgIpc) is 3.66. The van der Waals surface area contributed by atoms with Crippen molar-refractivity contribution in [3.8, 4) is 0 Å². The maximum Gasteiger partial charge on any atom is 0.274 e. The number of imidazole rings is 2. The number of thiazole rings is 1. The fourth-order valence-corrected chi connectivity index (χ4v) is 6.01. The van der Waals surface area contributed by atoms with Gasteiger partial charge in [0.1, 0.15) is 22.0 Å². The molecule has 14 heteroatoms. The topological polar surface area (TPSA) is 177 Å². The zero-order chi connectivity index (χ0) is 26.3. The van der Waals surface area contributed by atoms with Crippen LogP contribution in [0.25, 0.3) is 5.65 Å². The first kappa shape index (κ1) is 24.9. The Morgan fingerprint density at radius 1 is 1.30 bits per heavy atom. The molecule has 4 aromatic rings. The third kappa shape index (κ3) is 4.80. The molecule has 192 valence electrons. The summed E-state index contributed by atoms with van der Waals surface area (Å²) in [6, 6.07) is 2.60. The highest BCUT2D eigenvalue weighted by Crippen LogP contribution is 2.39. The average molecular weight is 542 g/mol. The molecule has 0 aliphatic carbocycles. The maximum atomic E-state index is 13.5. The molecule has 0 unspecified atom stereocenters. The minimum atomic E-state index is -0.756. The molecule has 0 aromatic carbocycles. The van der Waals surface area contributed by atoms with Crippen molar-refractivity contribution in [2.45, 2.75) is 30.8 Å². The number of nitrogens with zero attached hydrogens (tertiary/aromatic N) is 5. The number of amides is 3. The third-order valence-corrected chi connectivity index (χ3v) is 7.77. The smallest absolute Gasteiger partial charge is 0.274 e. The second kappa shape index (κ2) is 9.92. The largest absolute Gasteiger partial charge is 0.364 e. The fourth-order valence-electron chi connectivity index (χ4n) is 4.54. The van der Waals surface area contributed by atoms with Gasteiger partial charge in [-0.25, -0.2) is 15.0 Å². The molecule has 1 aliphatic rings. The molecule has 12 nitrogen and oxygen atoms in total. The van der Waals surface area contributed by atoms with E-state index in [2.05, 4.69) is 25.3 Å². The van der Waals surface area contributed by atoms with Crippen LogP contribution in [0.3, 0.4) is 0 Å². The number of nitrogens with one attached hydrogen (secondary N) is 2. The molecule has 1 aliphatic heterocycles. The lowest BCUT2D eigenvalue weighted by molar-refractivity contribution is -0.122. The first-order valence-corrected chi connectivity index (χ1v) is 12.6. The highest BCUT2D eigenvalue weighted by molar-refractivity contribution is 7.12. The molecule has 4 aromatic heterocycles. The van der Waals surface area contributed by atoms with Crippen LogP contribution in [0, 0.1) is 0 Å². The van der Waals surface area contributed by atoms with Gasteiger partial charge in [0.25, 0.3) is 11.8 Å². The first-order chi connectivity index (χ1) is 17.7. The van der Waals surface area contributed by atoms with Gasteiger partial charge in [-0.05, 0) is 18.6 Å². The van der Waals surface area contributed by atoms with E-state index in [1.807, 2.05) is 0 Å². The Kier molecular flexibility index (Phi) is 6.67. The summed E-state index contributed by atoms with van der Waals surface area (Å²) < 4.78 is 1.68. The van der Waals surface area contributed by atoms with E-state index >= 15 is 0 Å². The van der Waals surface area contributed by atoms with Crippen LogP contribution in [0.5, 0.6) is 0 Å². The van der Waals surface area contributed by atoms with Crippen molar-refractivity contribution in [2.24, 2.45) is 11.5 Å². The minimum absolute atomic E-state index is 0.00311.